The Labute approximate surface area is 133 Å². The van der Waals surface area contributed by atoms with Crippen LogP contribution in [0.3, 0.4) is 0 Å². The number of nitrogens with one attached hydrogen (secondary N) is 2. The molecule has 0 spiro atoms. The van der Waals surface area contributed by atoms with Crippen LogP contribution in [-0.2, 0) is 9.59 Å². The van der Waals surface area contributed by atoms with Gasteiger partial charge in [-0.3, -0.25) is 9.59 Å². The average molecular weight is 309 g/mol. The van der Waals surface area contributed by atoms with Gasteiger partial charge in [-0.05, 0) is 36.4 Å². The molecule has 6 nitrogen and oxygen atoms in total. The summed E-state index contributed by atoms with van der Waals surface area (Å²) in [6, 6.07) is 15.4. The standard InChI is InChI=1S/C17H15N3O3/c1-12(21)19-14-6-8-15(9-7-14)23-11-17(22)20-16-5-3-2-4-13(16)10-18/h2-9H,11H2,1H3,(H,19,21)(H,20,22). The lowest BCUT2D eigenvalue weighted by molar-refractivity contribution is -0.118. The van der Waals surface area contributed by atoms with Gasteiger partial charge in [-0.2, -0.15) is 5.26 Å². The zero-order valence-corrected chi connectivity index (χ0v) is 12.5. The lowest BCUT2D eigenvalue weighted by Gasteiger charge is -2.09. The number of carbonyl (C=O) groups excluding carboxylic acids is 2. The third kappa shape index (κ3) is 4.86. The molecule has 0 aliphatic rings. The first-order valence-electron chi connectivity index (χ1n) is 6.88. The van der Waals surface area contributed by atoms with Crippen LogP contribution in [0.25, 0.3) is 0 Å². The van der Waals surface area contributed by atoms with Crippen molar-refractivity contribution in [3.63, 3.8) is 0 Å². The Bertz CT molecular complexity index is 748. The molecule has 2 rings (SSSR count). The molecule has 0 bridgehead atoms. The number of amides is 2. The number of nitrogens with zero attached hydrogens (tertiary/aromatic N) is 1. The van der Waals surface area contributed by atoms with Crippen molar-refractivity contribution in [3.8, 4) is 11.8 Å². The molecule has 2 N–H and O–H groups in total. The minimum Gasteiger partial charge on any atom is -0.484 e. The zero-order valence-electron chi connectivity index (χ0n) is 12.5. The van der Waals surface area contributed by atoms with Crippen molar-refractivity contribution in [1.82, 2.24) is 0 Å². The summed E-state index contributed by atoms with van der Waals surface area (Å²) in [6.07, 6.45) is 0. The molecule has 0 saturated carbocycles. The van der Waals surface area contributed by atoms with Crippen LogP contribution in [0.15, 0.2) is 48.5 Å². The summed E-state index contributed by atoms with van der Waals surface area (Å²) < 4.78 is 5.37. The maximum absolute atomic E-state index is 11.9. The van der Waals surface area contributed by atoms with E-state index in [1.807, 2.05) is 6.07 Å². The van der Waals surface area contributed by atoms with Crippen LogP contribution in [0.1, 0.15) is 12.5 Å². The first-order valence-corrected chi connectivity index (χ1v) is 6.88. The minimum atomic E-state index is -0.362. The van der Waals surface area contributed by atoms with Gasteiger partial charge in [0.25, 0.3) is 5.91 Å². The second-order valence-corrected chi connectivity index (χ2v) is 4.70. The van der Waals surface area contributed by atoms with E-state index in [4.69, 9.17) is 10.00 Å². The van der Waals surface area contributed by atoms with E-state index < -0.39 is 0 Å². The van der Waals surface area contributed by atoms with E-state index in [-0.39, 0.29) is 18.4 Å². The third-order valence-electron chi connectivity index (χ3n) is 2.87. The lowest BCUT2D eigenvalue weighted by Crippen LogP contribution is -2.20. The fraction of sp³-hybridized carbons (Fsp3) is 0.118. The van der Waals surface area contributed by atoms with Gasteiger partial charge in [0.1, 0.15) is 11.8 Å². The quantitative estimate of drug-likeness (QED) is 0.888. The number of ether oxygens (including phenoxy) is 1. The van der Waals surface area contributed by atoms with E-state index >= 15 is 0 Å². The molecule has 0 aromatic heterocycles. The molecule has 2 amide bonds. The van der Waals surface area contributed by atoms with Gasteiger partial charge in [-0.25, -0.2) is 0 Å². The molecule has 0 aliphatic heterocycles. The Morgan fingerprint density at radius 2 is 1.78 bits per heavy atom. The van der Waals surface area contributed by atoms with Crippen LogP contribution in [0.2, 0.25) is 0 Å². The summed E-state index contributed by atoms with van der Waals surface area (Å²) in [5.74, 6) is -0.0179. The normalized spacial score (nSPS) is 9.57. The van der Waals surface area contributed by atoms with Gasteiger partial charge in [-0.15, -0.1) is 0 Å². The fourth-order valence-electron chi connectivity index (χ4n) is 1.86. The molecule has 0 fully saturated rings. The molecule has 23 heavy (non-hydrogen) atoms. The van der Waals surface area contributed by atoms with Gasteiger partial charge in [0, 0.05) is 12.6 Å². The van der Waals surface area contributed by atoms with Crippen molar-refractivity contribution in [3.05, 3.63) is 54.1 Å². The SMILES string of the molecule is CC(=O)Nc1ccc(OCC(=O)Nc2ccccc2C#N)cc1. The second-order valence-electron chi connectivity index (χ2n) is 4.70. The highest BCUT2D eigenvalue weighted by atomic mass is 16.5. The van der Waals surface area contributed by atoms with Crippen LogP contribution in [0.4, 0.5) is 11.4 Å². The number of nitriles is 1. The summed E-state index contributed by atoms with van der Waals surface area (Å²) >= 11 is 0. The number of para-hydroxylation sites is 1. The molecule has 2 aromatic rings. The summed E-state index contributed by atoms with van der Waals surface area (Å²) in [5, 5.41) is 14.2. The summed E-state index contributed by atoms with van der Waals surface area (Å²) in [6.45, 7) is 1.24. The van der Waals surface area contributed by atoms with Crippen molar-refractivity contribution in [2.75, 3.05) is 17.2 Å². The number of hydrogen-bond donors (Lipinski definition) is 2. The van der Waals surface area contributed by atoms with Gasteiger partial charge in [-0.1, -0.05) is 12.1 Å². The molecule has 116 valence electrons. The number of rotatable bonds is 5. The Morgan fingerprint density at radius 1 is 1.09 bits per heavy atom. The third-order valence-corrected chi connectivity index (χ3v) is 2.87. The van der Waals surface area contributed by atoms with E-state index in [0.717, 1.165) is 0 Å². The first kappa shape index (κ1) is 16.0. The van der Waals surface area contributed by atoms with E-state index in [2.05, 4.69) is 10.6 Å². The summed E-state index contributed by atoms with van der Waals surface area (Å²) in [5.41, 5.74) is 1.49. The van der Waals surface area contributed by atoms with Gasteiger partial charge in [0.15, 0.2) is 6.61 Å². The van der Waals surface area contributed by atoms with Crippen molar-refractivity contribution in [1.29, 1.82) is 5.26 Å². The van der Waals surface area contributed by atoms with Gasteiger partial charge >= 0.3 is 0 Å². The molecular weight excluding hydrogens is 294 g/mol. The molecular formula is C17H15N3O3. The van der Waals surface area contributed by atoms with Gasteiger partial charge in [0.2, 0.25) is 5.91 Å². The zero-order chi connectivity index (χ0) is 16.7. The van der Waals surface area contributed by atoms with Crippen LogP contribution in [-0.4, -0.2) is 18.4 Å². The van der Waals surface area contributed by atoms with Crippen molar-refractivity contribution >= 4 is 23.2 Å². The van der Waals surface area contributed by atoms with Gasteiger partial charge in [0.05, 0.1) is 11.3 Å². The second kappa shape index (κ2) is 7.61. The molecule has 0 saturated heterocycles. The molecule has 2 aromatic carbocycles. The van der Waals surface area contributed by atoms with Crippen LogP contribution in [0.5, 0.6) is 5.75 Å². The molecule has 0 heterocycles. The number of carbonyl (C=O) groups is 2. The minimum absolute atomic E-state index is 0.158. The maximum Gasteiger partial charge on any atom is 0.262 e. The predicted octanol–water partition coefficient (Wildman–Crippen LogP) is 2.53. The van der Waals surface area contributed by atoms with Crippen molar-refractivity contribution < 1.29 is 14.3 Å². The fourth-order valence-corrected chi connectivity index (χ4v) is 1.86. The van der Waals surface area contributed by atoms with Crippen molar-refractivity contribution in [2.45, 2.75) is 6.92 Å². The molecule has 0 aliphatic carbocycles. The number of anilines is 2. The Balaban J connectivity index is 1.89. The van der Waals surface area contributed by atoms with E-state index in [9.17, 15) is 9.59 Å². The summed E-state index contributed by atoms with van der Waals surface area (Å²) in [4.78, 5) is 22.8. The average Bonchev–Trinajstić information content (AvgIpc) is 2.54. The van der Waals surface area contributed by atoms with Crippen LogP contribution < -0.4 is 15.4 Å². The molecule has 0 atom stereocenters. The Morgan fingerprint density at radius 3 is 2.43 bits per heavy atom. The number of hydrogen-bond acceptors (Lipinski definition) is 4. The van der Waals surface area contributed by atoms with E-state index in [1.165, 1.54) is 6.92 Å². The van der Waals surface area contributed by atoms with E-state index in [1.54, 1.807) is 48.5 Å². The highest BCUT2D eigenvalue weighted by Crippen LogP contribution is 2.16. The Hall–Kier alpha value is -3.33. The largest absolute Gasteiger partial charge is 0.484 e. The molecule has 0 unspecified atom stereocenters. The molecule has 0 radical (unpaired) electrons. The van der Waals surface area contributed by atoms with Crippen molar-refractivity contribution in [2.24, 2.45) is 0 Å². The highest BCUT2D eigenvalue weighted by Gasteiger charge is 2.07. The maximum atomic E-state index is 11.9. The highest BCUT2D eigenvalue weighted by molar-refractivity contribution is 5.93. The summed E-state index contributed by atoms with van der Waals surface area (Å²) in [7, 11) is 0. The topological polar surface area (TPSA) is 91.2 Å². The lowest BCUT2D eigenvalue weighted by atomic mass is 10.2. The van der Waals surface area contributed by atoms with Crippen LogP contribution in [0, 0.1) is 11.3 Å². The van der Waals surface area contributed by atoms with E-state index in [0.29, 0.717) is 22.7 Å². The first-order chi connectivity index (χ1) is 11.1. The van der Waals surface area contributed by atoms with Crippen LogP contribution >= 0.6 is 0 Å². The number of benzene rings is 2. The Kier molecular flexibility index (Phi) is 5.31. The molecule has 6 heteroatoms. The smallest absolute Gasteiger partial charge is 0.262 e. The predicted molar refractivity (Wildman–Crippen MR) is 86.0 cm³/mol. The monoisotopic (exact) mass is 309 g/mol. The van der Waals surface area contributed by atoms with Gasteiger partial charge < -0.3 is 15.4 Å².